The SMILES string of the molecule is Cc1cc(O)c2c(c1)[C@H](O)[C@@H]1[C@@H](OC2=O)[C@H](O)C=C2c3c(cc(O)c4c3C(=O)c3cccc(O)c3C4=O)C[C@@H]21. The van der Waals surface area contributed by atoms with Crippen molar-refractivity contribution < 1.29 is 44.7 Å². The van der Waals surface area contributed by atoms with Gasteiger partial charge in [0.2, 0.25) is 5.78 Å². The number of allylic oxidation sites excluding steroid dienone is 1. The number of aryl methyl sites for hydroxylation is 1. The van der Waals surface area contributed by atoms with E-state index in [1.165, 1.54) is 36.4 Å². The number of aliphatic hydroxyl groups excluding tert-OH is 2. The van der Waals surface area contributed by atoms with Crippen molar-refractivity contribution in [2.75, 3.05) is 0 Å². The maximum absolute atomic E-state index is 13.7. The molecule has 3 aromatic rings. The lowest BCUT2D eigenvalue weighted by molar-refractivity contribution is -0.0693. The molecule has 0 amide bonds. The monoisotopic (exact) mass is 526 g/mol. The third-order valence-electron chi connectivity index (χ3n) is 8.44. The number of ketones is 2. The summed E-state index contributed by atoms with van der Waals surface area (Å²) in [6.07, 6.45) is -2.14. The van der Waals surface area contributed by atoms with Crippen molar-refractivity contribution in [1.82, 2.24) is 0 Å². The zero-order valence-corrected chi connectivity index (χ0v) is 20.5. The number of fused-ring (bicyclic) bond motifs is 9. The van der Waals surface area contributed by atoms with Gasteiger partial charge in [-0.2, -0.15) is 0 Å². The standard InChI is InChI=1S/C30H22O9/c1-10-5-15-22(17(32)6-10)30(38)39-29-19(34)9-14-13(23(29)27(15)36)7-11-8-18(33)24-25(20(11)14)26(35)12-3-2-4-16(31)21(12)28(24)37/h2-6,8-9,13,19,23,27,29,31-34,36H,7H2,1H3/t13-,19+,23+,27-,29-/m0/s1. The molecule has 5 N–H and O–H groups in total. The molecule has 9 nitrogen and oxygen atoms in total. The molecule has 39 heavy (non-hydrogen) atoms. The first kappa shape index (κ1) is 23.6. The summed E-state index contributed by atoms with van der Waals surface area (Å²) in [5.74, 6) is -4.65. The van der Waals surface area contributed by atoms with E-state index < -0.39 is 53.4 Å². The minimum absolute atomic E-state index is 0.00175. The molecule has 0 aromatic heterocycles. The van der Waals surface area contributed by atoms with Crippen LogP contribution in [0.1, 0.15) is 70.6 Å². The highest BCUT2D eigenvalue weighted by molar-refractivity contribution is 6.31. The van der Waals surface area contributed by atoms with Gasteiger partial charge in [-0.25, -0.2) is 4.79 Å². The van der Waals surface area contributed by atoms with E-state index in [0.29, 0.717) is 22.3 Å². The summed E-state index contributed by atoms with van der Waals surface area (Å²) < 4.78 is 5.63. The van der Waals surface area contributed by atoms with E-state index in [9.17, 15) is 39.9 Å². The Kier molecular flexibility index (Phi) is 4.71. The lowest BCUT2D eigenvalue weighted by Crippen LogP contribution is -2.44. The van der Waals surface area contributed by atoms with Crippen LogP contribution in [0.4, 0.5) is 0 Å². The fourth-order valence-corrected chi connectivity index (χ4v) is 6.90. The molecule has 0 saturated carbocycles. The van der Waals surface area contributed by atoms with Crippen molar-refractivity contribution in [2.24, 2.45) is 11.8 Å². The number of rotatable bonds is 0. The van der Waals surface area contributed by atoms with E-state index in [1.54, 1.807) is 13.0 Å². The molecule has 0 saturated heterocycles. The largest absolute Gasteiger partial charge is 0.507 e. The smallest absolute Gasteiger partial charge is 0.342 e. The molecule has 3 aromatic carbocycles. The molecule has 3 aliphatic carbocycles. The summed E-state index contributed by atoms with van der Waals surface area (Å²) in [4.78, 5) is 40.2. The maximum Gasteiger partial charge on any atom is 0.342 e. The van der Waals surface area contributed by atoms with Crippen molar-refractivity contribution in [2.45, 2.75) is 31.7 Å². The van der Waals surface area contributed by atoms with Crippen LogP contribution in [0, 0.1) is 18.8 Å². The fourth-order valence-electron chi connectivity index (χ4n) is 6.90. The molecular weight excluding hydrogens is 504 g/mol. The van der Waals surface area contributed by atoms with Gasteiger partial charge in [0.25, 0.3) is 0 Å². The molecule has 1 aliphatic heterocycles. The Labute approximate surface area is 221 Å². The van der Waals surface area contributed by atoms with Gasteiger partial charge in [-0.15, -0.1) is 0 Å². The average molecular weight is 526 g/mol. The lowest BCUT2D eigenvalue weighted by atomic mass is 9.70. The van der Waals surface area contributed by atoms with E-state index in [-0.39, 0.29) is 51.3 Å². The van der Waals surface area contributed by atoms with Gasteiger partial charge in [0, 0.05) is 17.0 Å². The second-order valence-corrected chi connectivity index (χ2v) is 10.6. The Morgan fingerprint density at radius 3 is 2.33 bits per heavy atom. The third-order valence-corrected chi connectivity index (χ3v) is 8.44. The second-order valence-electron chi connectivity index (χ2n) is 10.6. The fraction of sp³-hybridized carbons (Fsp3) is 0.233. The van der Waals surface area contributed by atoms with Gasteiger partial charge in [-0.05, 0) is 71.4 Å². The van der Waals surface area contributed by atoms with Crippen LogP contribution in [0.3, 0.4) is 0 Å². The number of benzene rings is 3. The Balaban J connectivity index is 1.43. The van der Waals surface area contributed by atoms with E-state index >= 15 is 0 Å². The van der Waals surface area contributed by atoms with E-state index in [4.69, 9.17) is 4.74 Å². The Morgan fingerprint density at radius 1 is 0.821 bits per heavy atom. The first-order valence-corrected chi connectivity index (χ1v) is 12.5. The molecule has 0 bridgehead atoms. The van der Waals surface area contributed by atoms with E-state index in [2.05, 4.69) is 0 Å². The zero-order chi connectivity index (χ0) is 27.5. The molecule has 0 radical (unpaired) electrons. The Morgan fingerprint density at radius 2 is 1.56 bits per heavy atom. The summed E-state index contributed by atoms with van der Waals surface area (Å²) in [5.41, 5.74) is 1.60. The molecule has 0 spiro atoms. The molecule has 196 valence electrons. The Bertz CT molecular complexity index is 1720. The molecule has 0 fully saturated rings. The number of phenols is 3. The van der Waals surface area contributed by atoms with Crippen molar-refractivity contribution in [3.63, 3.8) is 0 Å². The van der Waals surface area contributed by atoms with Crippen molar-refractivity contribution in [3.05, 3.63) is 92.5 Å². The van der Waals surface area contributed by atoms with Gasteiger partial charge in [0.15, 0.2) is 5.78 Å². The van der Waals surface area contributed by atoms with E-state index in [1.807, 2.05) is 0 Å². The second kappa shape index (κ2) is 7.78. The number of carbonyl (C=O) groups is 3. The van der Waals surface area contributed by atoms with Gasteiger partial charge in [0.1, 0.15) is 35.0 Å². The first-order chi connectivity index (χ1) is 18.6. The number of ether oxygens (including phenoxy) is 1. The van der Waals surface area contributed by atoms with Crippen LogP contribution in [0.2, 0.25) is 0 Å². The number of esters is 1. The number of carbonyl (C=O) groups excluding carboxylic acids is 3. The Hall–Kier alpha value is -4.47. The first-order valence-electron chi connectivity index (χ1n) is 12.5. The highest BCUT2D eigenvalue weighted by atomic mass is 16.6. The quantitative estimate of drug-likeness (QED) is 0.217. The summed E-state index contributed by atoms with van der Waals surface area (Å²) in [6.45, 7) is 1.71. The van der Waals surface area contributed by atoms with Gasteiger partial charge in [-0.1, -0.05) is 18.2 Å². The highest BCUT2D eigenvalue weighted by Crippen LogP contribution is 2.55. The predicted molar refractivity (Wildman–Crippen MR) is 135 cm³/mol. The zero-order valence-electron chi connectivity index (χ0n) is 20.5. The summed E-state index contributed by atoms with van der Waals surface area (Å²) >= 11 is 0. The summed E-state index contributed by atoms with van der Waals surface area (Å²) in [7, 11) is 0. The van der Waals surface area contributed by atoms with Crippen LogP contribution >= 0.6 is 0 Å². The van der Waals surface area contributed by atoms with Crippen LogP contribution in [0.25, 0.3) is 5.57 Å². The van der Waals surface area contributed by atoms with Crippen molar-refractivity contribution >= 4 is 23.1 Å². The molecule has 9 heteroatoms. The maximum atomic E-state index is 13.7. The van der Waals surface area contributed by atoms with Crippen LogP contribution in [0.5, 0.6) is 17.2 Å². The van der Waals surface area contributed by atoms with E-state index in [0.717, 1.165) is 0 Å². The number of aliphatic hydroxyl groups is 2. The van der Waals surface area contributed by atoms with Crippen LogP contribution in [-0.2, 0) is 11.2 Å². The van der Waals surface area contributed by atoms with Crippen molar-refractivity contribution in [1.29, 1.82) is 0 Å². The topological polar surface area (TPSA) is 162 Å². The number of hydrogen-bond acceptors (Lipinski definition) is 9. The molecular formula is C30H22O9. The average Bonchev–Trinajstić information content (AvgIpc) is 3.17. The molecule has 4 aliphatic rings. The molecule has 0 unspecified atom stereocenters. The van der Waals surface area contributed by atoms with Crippen molar-refractivity contribution in [3.8, 4) is 17.2 Å². The minimum atomic E-state index is -1.36. The number of phenolic OH excluding ortho intramolecular Hbond substituents is 3. The minimum Gasteiger partial charge on any atom is -0.507 e. The van der Waals surface area contributed by atoms with Gasteiger partial charge in [-0.3, -0.25) is 9.59 Å². The number of hydrogen-bond donors (Lipinski definition) is 5. The van der Waals surface area contributed by atoms with Gasteiger partial charge < -0.3 is 30.3 Å². The molecule has 1 heterocycles. The third kappa shape index (κ3) is 2.99. The van der Waals surface area contributed by atoms with Crippen LogP contribution in [-0.4, -0.2) is 55.3 Å². The number of aromatic hydroxyl groups is 3. The van der Waals surface area contributed by atoms with Crippen LogP contribution < -0.4 is 0 Å². The summed E-state index contributed by atoms with van der Waals surface area (Å²) in [5, 5.41) is 54.5. The molecule has 5 atom stereocenters. The summed E-state index contributed by atoms with van der Waals surface area (Å²) in [6, 6.07) is 8.55. The van der Waals surface area contributed by atoms with Crippen LogP contribution in [0.15, 0.2) is 42.5 Å². The molecule has 7 rings (SSSR count). The van der Waals surface area contributed by atoms with Gasteiger partial charge in [0.05, 0.1) is 17.2 Å². The highest BCUT2D eigenvalue weighted by Gasteiger charge is 2.53. The lowest BCUT2D eigenvalue weighted by Gasteiger charge is -2.39. The van der Waals surface area contributed by atoms with Gasteiger partial charge >= 0.3 is 5.97 Å². The predicted octanol–water partition coefficient (Wildman–Crippen LogP) is 2.71. The normalized spacial score (nSPS) is 26.3.